The fourth-order valence-corrected chi connectivity index (χ4v) is 3.06. The summed E-state index contributed by atoms with van der Waals surface area (Å²) in [4.78, 5) is 14.3. The Balaban J connectivity index is 1.92. The number of likely N-dealkylation sites (tertiary alicyclic amines) is 1. The van der Waals surface area contributed by atoms with Crippen LogP contribution in [0.25, 0.3) is 0 Å². The minimum Gasteiger partial charge on any atom is -0.380 e. The topological polar surface area (TPSA) is 41.6 Å². The molecule has 20 heavy (non-hydrogen) atoms. The van der Waals surface area contributed by atoms with E-state index in [-0.39, 0.29) is 18.1 Å². The fourth-order valence-electron chi connectivity index (χ4n) is 2.59. The van der Waals surface area contributed by atoms with Gasteiger partial charge in [0.1, 0.15) is 0 Å². The average Bonchev–Trinajstić information content (AvgIpc) is 2.79. The van der Waals surface area contributed by atoms with E-state index >= 15 is 0 Å². The molecule has 0 saturated carbocycles. The van der Waals surface area contributed by atoms with E-state index in [0.29, 0.717) is 6.54 Å². The summed E-state index contributed by atoms with van der Waals surface area (Å²) in [5, 5.41) is 3.02. The normalized spacial score (nSPS) is 23.0. The first kappa shape index (κ1) is 15.5. The summed E-state index contributed by atoms with van der Waals surface area (Å²) in [6.07, 6.45) is 0.920. The molecule has 0 aromatic heterocycles. The van der Waals surface area contributed by atoms with Gasteiger partial charge in [-0.05, 0) is 43.7 Å². The Morgan fingerprint density at radius 3 is 2.90 bits per heavy atom. The van der Waals surface area contributed by atoms with Crippen molar-refractivity contribution in [3.8, 4) is 0 Å². The highest BCUT2D eigenvalue weighted by Gasteiger charge is 2.34. The summed E-state index contributed by atoms with van der Waals surface area (Å²) in [6, 6.07) is 6.01. The molecule has 1 aliphatic rings. The van der Waals surface area contributed by atoms with Crippen LogP contribution in [0.1, 0.15) is 17.5 Å². The highest BCUT2D eigenvalue weighted by molar-refractivity contribution is 9.10. The minimum absolute atomic E-state index is 0.0781. The molecule has 1 amide bonds. The van der Waals surface area contributed by atoms with Gasteiger partial charge in [-0.1, -0.05) is 22.0 Å². The SMILES string of the molecule is CO[C@H]1C[C@@H](C(=O)NCc2ccc(Br)cc2C)N(C)C1. The molecule has 2 atom stereocenters. The van der Waals surface area contributed by atoms with Crippen LogP contribution in [0.3, 0.4) is 0 Å². The van der Waals surface area contributed by atoms with Gasteiger partial charge in [0.15, 0.2) is 0 Å². The Hall–Kier alpha value is -0.910. The van der Waals surface area contributed by atoms with Crippen molar-refractivity contribution in [2.24, 2.45) is 0 Å². The van der Waals surface area contributed by atoms with Gasteiger partial charge in [-0.15, -0.1) is 0 Å². The number of hydrogen-bond donors (Lipinski definition) is 1. The maximum Gasteiger partial charge on any atom is 0.237 e. The predicted octanol–water partition coefficient (Wildman–Crippen LogP) is 2.09. The maximum absolute atomic E-state index is 12.3. The number of methoxy groups -OCH3 is 1. The van der Waals surface area contributed by atoms with Gasteiger partial charge >= 0.3 is 0 Å². The van der Waals surface area contributed by atoms with Crippen LogP contribution in [-0.4, -0.2) is 43.7 Å². The number of carbonyl (C=O) groups is 1. The van der Waals surface area contributed by atoms with E-state index in [4.69, 9.17) is 4.74 Å². The Bertz CT molecular complexity index is 493. The van der Waals surface area contributed by atoms with Crippen molar-refractivity contribution in [1.29, 1.82) is 0 Å². The van der Waals surface area contributed by atoms with Crippen molar-refractivity contribution in [2.75, 3.05) is 20.7 Å². The second kappa shape index (κ2) is 6.70. The standard InChI is InChI=1S/C15H21BrN2O2/c1-10-6-12(16)5-4-11(10)8-17-15(19)14-7-13(20-3)9-18(14)2/h4-6,13-14H,7-9H2,1-3H3,(H,17,19)/t13-,14-/m0/s1. The van der Waals surface area contributed by atoms with E-state index in [1.165, 1.54) is 5.56 Å². The number of ether oxygens (including phenoxy) is 1. The van der Waals surface area contributed by atoms with Crippen molar-refractivity contribution in [1.82, 2.24) is 10.2 Å². The van der Waals surface area contributed by atoms with Gasteiger partial charge in [0.05, 0.1) is 12.1 Å². The van der Waals surface area contributed by atoms with E-state index in [1.807, 2.05) is 19.2 Å². The zero-order valence-electron chi connectivity index (χ0n) is 12.1. The van der Waals surface area contributed by atoms with E-state index in [1.54, 1.807) is 7.11 Å². The predicted molar refractivity (Wildman–Crippen MR) is 82.6 cm³/mol. The van der Waals surface area contributed by atoms with Gasteiger partial charge in [0.2, 0.25) is 5.91 Å². The number of nitrogens with zero attached hydrogens (tertiary/aromatic N) is 1. The highest BCUT2D eigenvalue weighted by Crippen LogP contribution is 2.19. The first-order valence-corrected chi connectivity index (χ1v) is 7.56. The Morgan fingerprint density at radius 1 is 1.55 bits per heavy atom. The average molecular weight is 341 g/mol. The maximum atomic E-state index is 12.3. The van der Waals surface area contributed by atoms with Crippen LogP contribution in [0.2, 0.25) is 0 Å². The van der Waals surface area contributed by atoms with Gasteiger partial charge in [0, 0.05) is 24.7 Å². The molecule has 110 valence electrons. The third-order valence-corrected chi connectivity index (χ3v) is 4.40. The molecule has 0 unspecified atom stereocenters. The largest absolute Gasteiger partial charge is 0.380 e. The number of amides is 1. The number of benzene rings is 1. The van der Waals surface area contributed by atoms with Crippen molar-refractivity contribution in [3.63, 3.8) is 0 Å². The Kier molecular flexibility index (Phi) is 5.18. The molecule has 1 aromatic rings. The van der Waals surface area contributed by atoms with Crippen molar-refractivity contribution in [2.45, 2.75) is 32.0 Å². The molecule has 1 fully saturated rings. The second-order valence-corrected chi connectivity index (χ2v) is 6.25. The number of rotatable bonds is 4. The van der Waals surface area contributed by atoms with Crippen LogP contribution in [0.4, 0.5) is 0 Å². The summed E-state index contributed by atoms with van der Waals surface area (Å²) in [5.74, 6) is 0.0781. The lowest BCUT2D eigenvalue weighted by Gasteiger charge is -2.18. The summed E-state index contributed by atoms with van der Waals surface area (Å²) < 4.78 is 6.39. The zero-order chi connectivity index (χ0) is 14.7. The first-order valence-electron chi connectivity index (χ1n) is 6.77. The lowest BCUT2D eigenvalue weighted by Crippen LogP contribution is -2.41. The molecule has 0 aliphatic carbocycles. The van der Waals surface area contributed by atoms with Crippen LogP contribution >= 0.6 is 15.9 Å². The molecular formula is C15H21BrN2O2. The number of hydrogen-bond acceptors (Lipinski definition) is 3. The summed E-state index contributed by atoms with van der Waals surface area (Å²) in [7, 11) is 3.66. The Labute approximate surface area is 128 Å². The van der Waals surface area contributed by atoms with E-state index in [0.717, 1.165) is 23.0 Å². The van der Waals surface area contributed by atoms with E-state index in [9.17, 15) is 4.79 Å². The lowest BCUT2D eigenvalue weighted by molar-refractivity contribution is -0.125. The highest BCUT2D eigenvalue weighted by atomic mass is 79.9. The Morgan fingerprint density at radius 2 is 2.30 bits per heavy atom. The van der Waals surface area contributed by atoms with Gasteiger partial charge in [-0.2, -0.15) is 0 Å². The monoisotopic (exact) mass is 340 g/mol. The van der Waals surface area contributed by atoms with Crippen LogP contribution in [0.15, 0.2) is 22.7 Å². The van der Waals surface area contributed by atoms with Crippen LogP contribution in [0.5, 0.6) is 0 Å². The molecular weight excluding hydrogens is 320 g/mol. The minimum atomic E-state index is -0.0873. The molecule has 4 nitrogen and oxygen atoms in total. The summed E-state index contributed by atoms with van der Waals surface area (Å²) in [5.41, 5.74) is 2.32. The van der Waals surface area contributed by atoms with Gasteiger partial charge in [-0.25, -0.2) is 0 Å². The molecule has 1 N–H and O–H groups in total. The fraction of sp³-hybridized carbons (Fsp3) is 0.533. The van der Waals surface area contributed by atoms with Crippen LogP contribution in [-0.2, 0) is 16.1 Å². The van der Waals surface area contributed by atoms with Gasteiger partial charge < -0.3 is 10.1 Å². The molecule has 2 rings (SSSR count). The third-order valence-electron chi connectivity index (χ3n) is 3.90. The quantitative estimate of drug-likeness (QED) is 0.912. The van der Waals surface area contributed by atoms with Crippen molar-refractivity contribution in [3.05, 3.63) is 33.8 Å². The van der Waals surface area contributed by atoms with Crippen LogP contribution < -0.4 is 5.32 Å². The van der Waals surface area contributed by atoms with E-state index < -0.39 is 0 Å². The molecule has 5 heteroatoms. The number of likely N-dealkylation sites (N-methyl/N-ethyl adjacent to an activating group) is 1. The first-order chi connectivity index (χ1) is 9.51. The second-order valence-electron chi connectivity index (χ2n) is 5.34. The molecule has 1 saturated heterocycles. The smallest absolute Gasteiger partial charge is 0.237 e. The molecule has 0 bridgehead atoms. The van der Waals surface area contributed by atoms with E-state index in [2.05, 4.69) is 39.1 Å². The lowest BCUT2D eigenvalue weighted by atomic mass is 10.1. The van der Waals surface area contributed by atoms with Gasteiger partial charge in [-0.3, -0.25) is 9.69 Å². The molecule has 0 radical (unpaired) electrons. The third kappa shape index (κ3) is 3.59. The number of halogens is 1. The summed E-state index contributed by atoms with van der Waals surface area (Å²) >= 11 is 3.44. The zero-order valence-corrected chi connectivity index (χ0v) is 13.7. The molecule has 1 heterocycles. The number of carbonyl (C=O) groups excluding carboxylic acids is 1. The molecule has 1 aliphatic heterocycles. The van der Waals surface area contributed by atoms with Crippen LogP contribution in [0, 0.1) is 6.92 Å². The molecule has 0 spiro atoms. The number of nitrogens with one attached hydrogen (secondary N) is 1. The summed E-state index contributed by atoms with van der Waals surface area (Å²) in [6.45, 7) is 3.43. The van der Waals surface area contributed by atoms with Gasteiger partial charge in [0.25, 0.3) is 0 Å². The molecule has 1 aromatic carbocycles. The van der Waals surface area contributed by atoms with Crippen molar-refractivity contribution >= 4 is 21.8 Å². The van der Waals surface area contributed by atoms with Crippen molar-refractivity contribution < 1.29 is 9.53 Å². The number of aryl methyl sites for hydroxylation is 1.